The number of aromatic amines is 1. The lowest BCUT2D eigenvalue weighted by Crippen LogP contribution is -2.39. The molecule has 1 amide bonds. The van der Waals surface area contributed by atoms with Crippen molar-refractivity contribution in [1.82, 2.24) is 30.5 Å². The largest absolute Gasteiger partial charge is 0.347 e. The van der Waals surface area contributed by atoms with E-state index in [4.69, 9.17) is 5.73 Å². The summed E-state index contributed by atoms with van der Waals surface area (Å²) in [6.07, 6.45) is 10.3. The molecule has 1 fully saturated rings. The molecule has 8 heteroatoms. The van der Waals surface area contributed by atoms with Crippen LogP contribution in [0, 0.1) is 0 Å². The van der Waals surface area contributed by atoms with Crippen molar-refractivity contribution in [3.05, 3.63) is 29.3 Å². The number of carbonyl (C=O) groups is 1. The number of amides is 1. The summed E-state index contributed by atoms with van der Waals surface area (Å²) in [6.45, 7) is 0. The van der Waals surface area contributed by atoms with Crippen LogP contribution in [-0.4, -0.2) is 43.2 Å². The van der Waals surface area contributed by atoms with Gasteiger partial charge in [-0.05, 0) is 44.1 Å². The zero-order valence-electron chi connectivity index (χ0n) is 13.6. The van der Waals surface area contributed by atoms with Gasteiger partial charge in [0.1, 0.15) is 0 Å². The molecular weight excluding hydrogens is 306 g/mol. The second-order valence-electron chi connectivity index (χ2n) is 6.94. The van der Waals surface area contributed by atoms with Crippen molar-refractivity contribution in [2.45, 2.75) is 63.1 Å². The molecule has 4 rings (SSSR count). The summed E-state index contributed by atoms with van der Waals surface area (Å²) in [5, 5.41) is 18.4. The van der Waals surface area contributed by atoms with Crippen LogP contribution in [0.2, 0.25) is 0 Å². The summed E-state index contributed by atoms with van der Waals surface area (Å²) in [5.74, 6) is -0.151. The van der Waals surface area contributed by atoms with Gasteiger partial charge < -0.3 is 11.1 Å². The van der Waals surface area contributed by atoms with Gasteiger partial charge in [0.05, 0.1) is 18.4 Å². The van der Waals surface area contributed by atoms with Gasteiger partial charge in [-0.1, -0.05) is 5.21 Å². The Labute approximate surface area is 140 Å². The van der Waals surface area contributed by atoms with Crippen LogP contribution >= 0.6 is 0 Å². The van der Waals surface area contributed by atoms with E-state index in [2.05, 4.69) is 25.8 Å². The lowest BCUT2D eigenvalue weighted by Gasteiger charge is -2.25. The fraction of sp³-hybridized carbons (Fsp3) is 0.625. The molecule has 4 N–H and O–H groups in total. The quantitative estimate of drug-likeness (QED) is 0.768. The van der Waals surface area contributed by atoms with Gasteiger partial charge in [-0.2, -0.15) is 5.10 Å². The van der Waals surface area contributed by atoms with E-state index in [1.807, 2.05) is 10.9 Å². The van der Waals surface area contributed by atoms with Gasteiger partial charge in [0.25, 0.3) is 5.91 Å². The molecular formula is C16H23N7O. The van der Waals surface area contributed by atoms with Crippen LogP contribution in [0.5, 0.6) is 0 Å². The monoisotopic (exact) mass is 329 g/mol. The summed E-state index contributed by atoms with van der Waals surface area (Å²) in [5.41, 5.74) is 8.70. The number of carbonyl (C=O) groups excluding carboxylic acids is 1. The molecule has 2 aromatic rings. The predicted molar refractivity (Wildman–Crippen MR) is 87.4 cm³/mol. The van der Waals surface area contributed by atoms with E-state index in [9.17, 15) is 4.79 Å². The Hall–Kier alpha value is -2.22. The Balaban J connectivity index is 1.37. The van der Waals surface area contributed by atoms with Crippen LogP contribution in [0.25, 0.3) is 0 Å². The molecule has 0 aromatic carbocycles. The summed E-state index contributed by atoms with van der Waals surface area (Å²) in [4.78, 5) is 12.4. The number of nitrogens with two attached hydrogens (primary N) is 1. The van der Waals surface area contributed by atoms with E-state index in [0.29, 0.717) is 17.8 Å². The van der Waals surface area contributed by atoms with Crippen molar-refractivity contribution in [2.75, 3.05) is 0 Å². The van der Waals surface area contributed by atoms with E-state index >= 15 is 0 Å². The highest BCUT2D eigenvalue weighted by Crippen LogP contribution is 2.26. The van der Waals surface area contributed by atoms with Crippen molar-refractivity contribution >= 4 is 5.91 Å². The molecule has 128 valence electrons. The second-order valence-corrected chi connectivity index (χ2v) is 6.94. The van der Waals surface area contributed by atoms with E-state index in [1.54, 1.807) is 6.20 Å². The molecule has 0 radical (unpaired) electrons. The highest BCUT2D eigenvalue weighted by molar-refractivity contribution is 5.92. The molecule has 2 aliphatic carbocycles. The van der Waals surface area contributed by atoms with Gasteiger partial charge in [0.15, 0.2) is 5.69 Å². The lowest BCUT2D eigenvalue weighted by molar-refractivity contribution is 0.0928. The predicted octanol–water partition coefficient (Wildman–Crippen LogP) is 0.731. The number of nitrogens with zero attached hydrogens (tertiary/aromatic N) is 4. The fourth-order valence-corrected chi connectivity index (χ4v) is 3.72. The third-order valence-electron chi connectivity index (χ3n) is 5.21. The molecule has 2 heterocycles. The molecule has 1 atom stereocenters. The number of aryl methyl sites for hydroxylation is 1. The van der Waals surface area contributed by atoms with Crippen LogP contribution in [0.1, 0.15) is 59.9 Å². The molecule has 0 spiro atoms. The highest BCUT2D eigenvalue weighted by Gasteiger charge is 2.25. The average molecular weight is 329 g/mol. The fourth-order valence-electron chi connectivity index (χ4n) is 3.72. The maximum Gasteiger partial charge on any atom is 0.273 e. The minimum Gasteiger partial charge on any atom is -0.347 e. The van der Waals surface area contributed by atoms with Crippen molar-refractivity contribution in [1.29, 1.82) is 0 Å². The summed E-state index contributed by atoms with van der Waals surface area (Å²) in [6, 6.07) is 0.718. The first-order valence-corrected chi connectivity index (χ1v) is 8.68. The summed E-state index contributed by atoms with van der Waals surface area (Å²) < 4.78 is 1.83. The molecule has 0 aliphatic heterocycles. The van der Waals surface area contributed by atoms with E-state index in [-0.39, 0.29) is 11.9 Å². The number of hydrogen-bond donors (Lipinski definition) is 3. The standard InChI is InChI=1S/C16H23N7O/c17-11-2-5-13(6-3-11)23-9-15(21-22-23)16(24)19-12-4-1-10-8-18-20-14(10)7-12/h8-9,11-13H,1-7,17H2,(H,18,20)(H,19,24)/t11?,12-,13?/m1/s1. The molecule has 24 heavy (non-hydrogen) atoms. The zero-order chi connectivity index (χ0) is 16.5. The van der Waals surface area contributed by atoms with Crippen LogP contribution in [-0.2, 0) is 12.8 Å². The van der Waals surface area contributed by atoms with Gasteiger partial charge >= 0.3 is 0 Å². The maximum atomic E-state index is 12.4. The third kappa shape index (κ3) is 3.06. The van der Waals surface area contributed by atoms with Gasteiger partial charge in [0.2, 0.25) is 0 Å². The number of fused-ring (bicyclic) bond motifs is 1. The normalized spacial score (nSPS) is 26.8. The summed E-state index contributed by atoms with van der Waals surface area (Å²) >= 11 is 0. The zero-order valence-corrected chi connectivity index (χ0v) is 13.6. The van der Waals surface area contributed by atoms with Crippen LogP contribution in [0.15, 0.2) is 12.4 Å². The average Bonchev–Trinajstić information content (AvgIpc) is 3.24. The topological polar surface area (TPSA) is 115 Å². The van der Waals surface area contributed by atoms with Crippen LogP contribution in [0.4, 0.5) is 0 Å². The minimum absolute atomic E-state index is 0.114. The highest BCUT2D eigenvalue weighted by atomic mass is 16.2. The molecule has 0 bridgehead atoms. The van der Waals surface area contributed by atoms with Gasteiger partial charge in [0, 0.05) is 24.2 Å². The first-order valence-electron chi connectivity index (χ1n) is 8.68. The summed E-state index contributed by atoms with van der Waals surface area (Å²) in [7, 11) is 0. The Morgan fingerprint density at radius 1 is 1.29 bits per heavy atom. The number of H-pyrrole nitrogens is 1. The SMILES string of the molecule is NC1CCC(n2cc(C(=O)N[C@@H]3CCc4cn[nH]c4C3)nn2)CC1. The third-order valence-corrected chi connectivity index (χ3v) is 5.21. The van der Waals surface area contributed by atoms with Gasteiger partial charge in [-0.15, -0.1) is 5.10 Å². The van der Waals surface area contributed by atoms with Crippen LogP contribution < -0.4 is 11.1 Å². The Morgan fingerprint density at radius 3 is 2.96 bits per heavy atom. The van der Waals surface area contributed by atoms with E-state index in [0.717, 1.165) is 50.6 Å². The number of nitrogens with one attached hydrogen (secondary N) is 2. The first-order chi connectivity index (χ1) is 11.7. The molecule has 1 saturated carbocycles. The Morgan fingerprint density at radius 2 is 2.12 bits per heavy atom. The second kappa shape index (κ2) is 6.35. The maximum absolute atomic E-state index is 12.4. The smallest absolute Gasteiger partial charge is 0.273 e. The van der Waals surface area contributed by atoms with Crippen molar-refractivity contribution in [2.24, 2.45) is 5.73 Å². The number of aromatic nitrogens is 5. The Bertz CT molecular complexity index is 714. The van der Waals surface area contributed by atoms with Gasteiger partial charge in [-0.3, -0.25) is 9.89 Å². The Kier molecular flexibility index (Phi) is 4.05. The van der Waals surface area contributed by atoms with Gasteiger partial charge in [-0.25, -0.2) is 4.68 Å². The molecule has 2 aromatic heterocycles. The van der Waals surface area contributed by atoms with E-state index in [1.165, 1.54) is 5.56 Å². The van der Waals surface area contributed by atoms with Crippen molar-refractivity contribution in [3.63, 3.8) is 0 Å². The number of rotatable bonds is 3. The minimum atomic E-state index is -0.151. The van der Waals surface area contributed by atoms with Crippen molar-refractivity contribution < 1.29 is 4.79 Å². The molecule has 2 aliphatic rings. The first kappa shape index (κ1) is 15.3. The molecule has 0 saturated heterocycles. The number of hydrogen-bond acceptors (Lipinski definition) is 5. The van der Waals surface area contributed by atoms with Crippen LogP contribution in [0.3, 0.4) is 0 Å². The van der Waals surface area contributed by atoms with Crippen molar-refractivity contribution in [3.8, 4) is 0 Å². The van der Waals surface area contributed by atoms with E-state index < -0.39 is 0 Å². The lowest BCUT2D eigenvalue weighted by atomic mass is 9.92. The molecule has 8 nitrogen and oxygen atoms in total. The molecule has 0 unspecified atom stereocenters.